The monoisotopic (exact) mass is 501 g/mol. The molecule has 3 fully saturated rings. The molecule has 36 heavy (non-hydrogen) atoms. The second kappa shape index (κ2) is 10.3. The largest absolute Gasteiger partial charge is 0.480 e. The quantitative estimate of drug-likeness (QED) is 0.461. The van der Waals surface area contributed by atoms with Gasteiger partial charge in [0.25, 0.3) is 0 Å². The van der Waals surface area contributed by atoms with Crippen molar-refractivity contribution in [3.63, 3.8) is 0 Å². The summed E-state index contributed by atoms with van der Waals surface area (Å²) in [6.45, 7) is 8.47. The second-order valence-electron chi connectivity index (χ2n) is 12.7. The molecule has 0 saturated heterocycles. The first-order valence-corrected chi connectivity index (χ1v) is 13.9. The number of esters is 1. The first kappa shape index (κ1) is 26.9. The van der Waals surface area contributed by atoms with Crippen molar-refractivity contribution >= 4 is 23.6 Å². The van der Waals surface area contributed by atoms with E-state index < -0.39 is 17.9 Å². The summed E-state index contributed by atoms with van der Waals surface area (Å²) in [7, 11) is 0. The van der Waals surface area contributed by atoms with Gasteiger partial charge in [-0.05, 0) is 86.5 Å². The second-order valence-corrected chi connectivity index (χ2v) is 12.7. The Balaban J connectivity index is 1.33. The summed E-state index contributed by atoms with van der Waals surface area (Å²) in [6.07, 6.45) is 9.81. The van der Waals surface area contributed by atoms with Crippen LogP contribution < -0.4 is 5.32 Å². The molecule has 0 unspecified atom stereocenters. The van der Waals surface area contributed by atoms with Crippen molar-refractivity contribution in [2.24, 2.45) is 34.5 Å². The number of nitrogens with one attached hydrogen (secondary N) is 1. The third-order valence-corrected chi connectivity index (χ3v) is 10.0. The van der Waals surface area contributed by atoms with E-state index in [2.05, 4.69) is 19.2 Å². The van der Waals surface area contributed by atoms with Crippen molar-refractivity contribution in [3.05, 3.63) is 11.6 Å². The molecule has 200 valence electrons. The molecule has 7 atom stereocenters. The number of fused-ring (bicyclic) bond motifs is 5. The fourth-order valence-corrected chi connectivity index (χ4v) is 8.10. The van der Waals surface area contributed by atoms with E-state index in [1.807, 2.05) is 19.9 Å². The van der Waals surface area contributed by atoms with Crippen LogP contribution in [0, 0.1) is 34.5 Å². The van der Waals surface area contributed by atoms with Gasteiger partial charge in [0.1, 0.15) is 12.1 Å². The van der Waals surface area contributed by atoms with E-state index in [0.717, 1.165) is 44.9 Å². The van der Waals surface area contributed by atoms with Crippen LogP contribution >= 0.6 is 0 Å². The highest BCUT2D eigenvalue weighted by molar-refractivity contribution is 5.91. The highest BCUT2D eigenvalue weighted by atomic mass is 16.5. The van der Waals surface area contributed by atoms with Crippen molar-refractivity contribution in [3.8, 4) is 0 Å². The number of ether oxygens (including phenoxy) is 1. The Bertz CT molecular complexity index is 940. The normalized spacial score (nSPS) is 36.2. The van der Waals surface area contributed by atoms with Crippen LogP contribution in [-0.2, 0) is 23.9 Å². The summed E-state index contributed by atoms with van der Waals surface area (Å²) < 4.78 is 5.99. The number of carbonyl (C=O) groups excluding carboxylic acids is 3. The first-order chi connectivity index (χ1) is 16.9. The number of carboxylic acids is 1. The van der Waals surface area contributed by atoms with E-state index in [9.17, 15) is 24.3 Å². The standard InChI is InChI=1S/C29H43NO6/c1-17(2)15-23(27(34)35)30-25(32)9-10-26(33)36-24-8-7-21-20-6-5-18-16-19(31)11-13-28(18,3)22(20)12-14-29(21,24)4/h16-17,20-24H,5-15H2,1-4H3,(H,30,32)(H,34,35)/t20-,21+,22-,23-,24+,28-,29-/m0/s1. The van der Waals surface area contributed by atoms with Crippen LogP contribution in [0.15, 0.2) is 11.6 Å². The molecular formula is C29H43NO6. The summed E-state index contributed by atoms with van der Waals surface area (Å²) in [5.41, 5.74) is 1.44. The maximum absolute atomic E-state index is 12.7. The minimum Gasteiger partial charge on any atom is -0.480 e. The molecule has 4 aliphatic rings. The van der Waals surface area contributed by atoms with E-state index in [-0.39, 0.29) is 47.4 Å². The van der Waals surface area contributed by atoms with Gasteiger partial charge in [0.2, 0.25) is 5.91 Å². The minimum absolute atomic E-state index is 0.0383. The predicted molar refractivity (Wildman–Crippen MR) is 135 cm³/mol. The first-order valence-electron chi connectivity index (χ1n) is 13.9. The number of aliphatic carboxylic acids is 1. The number of amides is 1. The number of carbonyl (C=O) groups is 4. The summed E-state index contributed by atoms with van der Waals surface area (Å²) in [4.78, 5) is 48.4. The van der Waals surface area contributed by atoms with Crippen molar-refractivity contribution in [2.45, 2.75) is 110 Å². The Hall–Kier alpha value is -2.18. The molecular weight excluding hydrogens is 458 g/mol. The zero-order chi connectivity index (χ0) is 26.3. The van der Waals surface area contributed by atoms with Gasteiger partial charge >= 0.3 is 11.9 Å². The SMILES string of the molecule is CC(C)C[C@H](NC(=O)CCC(=O)O[C@@H]1CC[C@@H]2[C@@H]3CCC4=CC(=O)CC[C@]4(C)[C@H]3CC[C@@]21C)C(=O)O. The van der Waals surface area contributed by atoms with Crippen LogP contribution in [0.1, 0.15) is 98.3 Å². The van der Waals surface area contributed by atoms with E-state index in [1.54, 1.807) is 0 Å². The average molecular weight is 502 g/mol. The molecule has 0 bridgehead atoms. The fourth-order valence-electron chi connectivity index (χ4n) is 8.10. The van der Waals surface area contributed by atoms with E-state index in [1.165, 1.54) is 5.57 Å². The summed E-state index contributed by atoms with van der Waals surface area (Å²) in [6, 6.07) is -0.937. The van der Waals surface area contributed by atoms with E-state index in [0.29, 0.717) is 30.6 Å². The van der Waals surface area contributed by atoms with Gasteiger partial charge in [-0.3, -0.25) is 14.4 Å². The Kier molecular flexibility index (Phi) is 7.68. The van der Waals surface area contributed by atoms with Crippen LogP contribution in [0.4, 0.5) is 0 Å². The summed E-state index contributed by atoms with van der Waals surface area (Å²) >= 11 is 0. The number of allylic oxidation sites excluding steroid dienone is 1. The van der Waals surface area contributed by atoms with Crippen molar-refractivity contribution in [2.75, 3.05) is 0 Å². The van der Waals surface area contributed by atoms with Crippen molar-refractivity contribution in [1.29, 1.82) is 0 Å². The fraction of sp³-hybridized carbons (Fsp3) is 0.793. The Morgan fingerprint density at radius 1 is 1.06 bits per heavy atom. The van der Waals surface area contributed by atoms with Gasteiger partial charge in [0.15, 0.2) is 5.78 Å². The molecule has 0 aliphatic heterocycles. The summed E-state index contributed by atoms with van der Waals surface area (Å²) in [5.74, 6) is 0.263. The third-order valence-electron chi connectivity index (χ3n) is 10.0. The lowest BCUT2D eigenvalue weighted by molar-refractivity contribution is -0.160. The third kappa shape index (κ3) is 5.12. The van der Waals surface area contributed by atoms with Crippen LogP contribution in [0.3, 0.4) is 0 Å². The van der Waals surface area contributed by atoms with Gasteiger partial charge in [0, 0.05) is 18.3 Å². The highest BCUT2D eigenvalue weighted by Crippen LogP contribution is 2.65. The predicted octanol–water partition coefficient (Wildman–Crippen LogP) is 4.83. The van der Waals surface area contributed by atoms with Gasteiger partial charge in [-0.2, -0.15) is 0 Å². The molecule has 7 heteroatoms. The zero-order valence-electron chi connectivity index (χ0n) is 22.3. The molecule has 0 radical (unpaired) electrons. The van der Waals surface area contributed by atoms with Crippen LogP contribution in [-0.4, -0.2) is 40.9 Å². The lowest BCUT2D eigenvalue weighted by atomic mass is 9.47. The molecule has 0 aromatic carbocycles. The Morgan fingerprint density at radius 3 is 2.50 bits per heavy atom. The molecule has 0 spiro atoms. The van der Waals surface area contributed by atoms with Crippen LogP contribution in [0.2, 0.25) is 0 Å². The molecule has 0 aromatic heterocycles. The van der Waals surface area contributed by atoms with Gasteiger partial charge in [0.05, 0.1) is 6.42 Å². The number of hydrogen-bond acceptors (Lipinski definition) is 5. The maximum Gasteiger partial charge on any atom is 0.326 e. The molecule has 4 rings (SSSR count). The van der Waals surface area contributed by atoms with Crippen molar-refractivity contribution < 1.29 is 29.0 Å². The van der Waals surface area contributed by atoms with Crippen LogP contribution in [0.25, 0.3) is 0 Å². The number of ketones is 1. The van der Waals surface area contributed by atoms with Gasteiger partial charge < -0.3 is 15.2 Å². The Labute approximate surface area is 214 Å². The number of carboxylic acid groups (broad SMARTS) is 1. The number of rotatable bonds is 8. The van der Waals surface area contributed by atoms with E-state index >= 15 is 0 Å². The molecule has 0 heterocycles. The van der Waals surface area contributed by atoms with Gasteiger partial charge in [-0.15, -0.1) is 0 Å². The van der Waals surface area contributed by atoms with Crippen molar-refractivity contribution in [1.82, 2.24) is 5.32 Å². The molecule has 0 aromatic rings. The van der Waals surface area contributed by atoms with Gasteiger partial charge in [-0.25, -0.2) is 4.79 Å². The minimum atomic E-state index is -1.06. The lowest BCUT2D eigenvalue weighted by Crippen LogP contribution is -2.51. The smallest absolute Gasteiger partial charge is 0.326 e. The molecule has 4 aliphatic carbocycles. The molecule has 3 saturated carbocycles. The number of hydrogen-bond donors (Lipinski definition) is 2. The molecule has 7 nitrogen and oxygen atoms in total. The highest BCUT2D eigenvalue weighted by Gasteiger charge is 2.59. The molecule has 1 amide bonds. The van der Waals surface area contributed by atoms with E-state index in [4.69, 9.17) is 4.74 Å². The topological polar surface area (TPSA) is 110 Å². The lowest BCUT2D eigenvalue weighted by Gasteiger charge is -2.57. The average Bonchev–Trinajstić information content (AvgIpc) is 3.13. The maximum atomic E-state index is 12.7. The Morgan fingerprint density at radius 2 is 1.81 bits per heavy atom. The zero-order valence-corrected chi connectivity index (χ0v) is 22.3. The van der Waals surface area contributed by atoms with Gasteiger partial charge in [-0.1, -0.05) is 33.3 Å². The molecule has 2 N–H and O–H groups in total. The van der Waals surface area contributed by atoms with Crippen LogP contribution in [0.5, 0.6) is 0 Å². The summed E-state index contributed by atoms with van der Waals surface area (Å²) in [5, 5.41) is 11.9.